The van der Waals surface area contributed by atoms with E-state index < -0.39 is 0 Å². The van der Waals surface area contributed by atoms with Gasteiger partial charge in [0.2, 0.25) is 0 Å². The van der Waals surface area contributed by atoms with Crippen molar-refractivity contribution in [2.45, 2.75) is 19.8 Å². The number of hydrogen-bond donors (Lipinski definition) is 0. The van der Waals surface area contributed by atoms with Crippen LogP contribution in [0, 0.1) is 12.8 Å². The van der Waals surface area contributed by atoms with Gasteiger partial charge >= 0.3 is 0 Å². The van der Waals surface area contributed by atoms with Crippen LogP contribution in [0.3, 0.4) is 0 Å². The molecule has 0 spiro atoms. The molecule has 0 atom stereocenters. The first-order valence-corrected chi connectivity index (χ1v) is 10.3. The van der Waals surface area contributed by atoms with E-state index in [1.807, 2.05) is 12.5 Å². The first-order valence-electron chi connectivity index (χ1n) is 7.80. The highest BCUT2D eigenvalue weighted by molar-refractivity contribution is 8.21. The number of Topliss-reactive ketones (excluding diaryl/α,β-unsaturated/α-hetero) is 2. The molecule has 0 bridgehead atoms. The van der Waals surface area contributed by atoms with Crippen LogP contribution >= 0.6 is 23.5 Å². The summed E-state index contributed by atoms with van der Waals surface area (Å²) in [6.07, 6.45) is 8.48. The van der Waals surface area contributed by atoms with Crippen LogP contribution in [0.4, 0.5) is 0 Å². The third kappa shape index (κ3) is 3.69. The van der Waals surface area contributed by atoms with Crippen molar-refractivity contribution >= 4 is 35.1 Å². The van der Waals surface area contributed by atoms with Crippen LogP contribution in [0.15, 0.2) is 34.6 Å². The highest BCUT2D eigenvalue weighted by atomic mass is 32.2. The van der Waals surface area contributed by atoms with Crippen LogP contribution in [0.25, 0.3) is 5.82 Å². The van der Waals surface area contributed by atoms with Crippen LogP contribution in [0.1, 0.15) is 28.9 Å². The Labute approximate surface area is 154 Å². The predicted octanol–water partition coefficient (Wildman–Crippen LogP) is 3.07. The summed E-state index contributed by atoms with van der Waals surface area (Å²) in [4.78, 5) is 34.2. The lowest BCUT2D eigenvalue weighted by molar-refractivity contribution is -0.116. The Morgan fingerprint density at radius 1 is 1.20 bits per heavy atom. The third-order valence-electron chi connectivity index (χ3n) is 3.97. The molecule has 0 saturated heterocycles. The number of aryl methyl sites for hydroxylation is 1. The van der Waals surface area contributed by atoms with Crippen LogP contribution in [0.5, 0.6) is 0 Å². The van der Waals surface area contributed by atoms with Crippen LogP contribution in [-0.2, 0) is 4.79 Å². The zero-order valence-corrected chi connectivity index (χ0v) is 15.9. The zero-order chi connectivity index (χ0) is 18.0. The fraction of sp³-hybridized carbons (Fsp3) is 0.353. The van der Waals surface area contributed by atoms with E-state index in [2.05, 4.69) is 15.1 Å². The van der Waals surface area contributed by atoms with Gasteiger partial charge in [-0.2, -0.15) is 5.10 Å². The van der Waals surface area contributed by atoms with E-state index in [1.54, 1.807) is 25.4 Å². The van der Waals surface area contributed by atoms with E-state index in [0.717, 1.165) is 17.1 Å². The van der Waals surface area contributed by atoms with E-state index in [0.29, 0.717) is 22.6 Å². The summed E-state index contributed by atoms with van der Waals surface area (Å²) in [7, 11) is 0. The Hall–Kier alpha value is -1.93. The van der Waals surface area contributed by atoms with Crippen molar-refractivity contribution in [3.8, 4) is 5.82 Å². The summed E-state index contributed by atoms with van der Waals surface area (Å²) in [5, 5.41) is 4.04. The molecule has 0 radical (unpaired) electrons. The van der Waals surface area contributed by atoms with Gasteiger partial charge in [0.05, 0.1) is 15.5 Å². The molecule has 0 aliphatic heterocycles. The lowest BCUT2D eigenvalue weighted by Gasteiger charge is -2.12. The maximum atomic E-state index is 13.1. The summed E-state index contributed by atoms with van der Waals surface area (Å²) >= 11 is 2.88. The minimum Gasteiger partial charge on any atom is -0.294 e. The highest BCUT2D eigenvalue weighted by Crippen LogP contribution is 2.38. The average Bonchev–Trinajstić information content (AvgIpc) is 3.32. The molecule has 0 aromatic carbocycles. The number of nitrogens with zero attached hydrogens (tertiary/aromatic N) is 4. The summed E-state index contributed by atoms with van der Waals surface area (Å²) in [6.45, 7) is 1.77. The van der Waals surface area contributed by atoms with Gasteiger partial charge in [-0.1, -0.05) is 0 Å². The second-order valence-electron chi connectivity index (χ2n) is 5.68. The lowest BCUT2D eigenvalue weighted by Crippen LogP contribution is -2.18. The Kier molecular flexibility index (Phi) is 5.39. The van der Waals surface area contributed by atoms with Gasteiger partial charge in [-0.25, -0.2) is 14.6 Å². The number of thioether (sulfide) groups is 2. The smallest absolute Gasteiger partial charge is 0.200 e. The highest BCUT2D eigenvalue weighted by Gasteiger charge is 2.36. The summed E-state index contributed by atoms with van der Waals surface area (Å²) < 4.78 is 2.30. The normalized spacial score (nSPS) is 13.6. The second-order valence-corrected chi connectivity index (χ2v) is 7.57. The van der Waals surface area contributed by atoms with E-state index in [4.69, 9.17) is 0 Å². The van der Waals surface area contributed by atoms with Crippen molar-refractivity contribution in [3.63, 3.8) is 0 Å². The summed E-state index contributed by atoms with van der Waals surface area (Å²) in [6, 6.07) is 3.42. The molecule has 6 nitrogen and oxygen atoms in total. The Morgan fingerprint density at radius 3 is 2.44 bits per heavy atom. The maximum absolute atomic E-state index is 13.1. The fourth-order valence-corrected chi connectivity index (χ4v) is 3.98. The number of carbonyl (C=O) groups is 2. The SMILES string of the molecule is CSC(SC)=C(C(=O)c1ccc(-n2cncn2)nc1C)C(=O)C1CC1. The molecule has 2 aromatic heterocycles. The number of rotatable bonds is 7. The Bertz CT molecular complexity index is 836. The molecular formula is C17H18N4O2S2. The topological polar surface area (TPSA) is 77.7 Å². The predicted molar refractivity (Wildman–Crippen MR) is 100 cm³/mol. The molecule has 2 heterocycles. The molecule has 3 rings (SSSR count). The Balaban J connectivity index is 2.00. The summed E-state index contributed by atoms with van der Waals surface area (Å²) in [5.74, 6) is 0.297. The zero-order valence-electron chi connectivity index (χ0n) is 14.2. The van der Waals surface area contributed by atoms with Crippen molar-refractivity contribution in [1.82, 2.24) is 19.7 Å². The molecule has 25 heavy (non-hydrogen) atoms. The van der Waals surface area contributed by atoms with Gasteiger partial charge in [-0.05, 0) is 44.4 Å². The van der Waals surface area contributed by atoms with Crippen molar-refractivity contribution in [1.29, 1.82) is 0 Å². The molecule has 1 aliphatic rings. The molecule has 130 valence electrons. The molecular weight excluding hydrogens is 356 g/mol. The standard InChI is InChI=1S/C17H18N4O2S2/c1-10-12(6-7-13(20-10)21-9-18-8-19-21)16(23)14(17(24-2)25-3)15(22)11-4-5-11/h6-9,11H,4-5H2,1-3H3. The van der Waals surface area contributed by atoms with E-state index in [1.165, 1.54) is 34.5 Å². The fourth-order valence-electron chi connectivity index (χ4n) is 2.52. The first-order chi connectivity index (χ1) is 12.1. The molecule has 0 amide bonds. The number of ketones is 2. The van der Waals surface area contributed by atoms with Gasteiger partial charge in [0, 0.05) is 11.5 Å². The van der Waals surface area contributed by atoms with Crippen LogP contribution in [-0.4, -0.2) is 43.8 Å². The minimum absolute atomic E-state index is 0.00376. The number of allylic oxidation sites excluding steroid dienone is 1. The quantitative estimate of drug-likeness (QED) is 0.319. The summed E-state index contributed by atoms with van der Waals surface area (Å²) in [5.41, 5.74) is 1.33. The average molecular weight is 374 g/mol. The van der Waals surface area contributed by atoms with E-state index in [-0.39, 0.29) is 17.5 Å². The van der Waals surface area contributed by atoms with Crippen molar-refractivity contribution < 1.29 is 9.59 Å². The van der Waals surface area contributed by atoms with Crippen molar-refractivity contribution in [2.24, 2.45) is 5.92 Å². The Morgan fingerprint density at radius 2 is 1.92 bits per heavy atom. The molecule has 2 aromatic rings. The molecule has 1 aliphatic carbocycles. The molecule has 0 unspecified atom stereocenters. The number of carbonyl (C=O) groups excluding carboxylic acids is 2. The molecule has 1 saturated carbocycles. The van der Waals surface area contributed by atoms with E-state index >= 15 is 0 Å². The first kappa shape index (κ1) is 17.9. The number of pyridine rings is 1. The van der Waals surface area contributed by atoms with Gasteiger partial charge in [0.15, 0.2) is 17.4 Å². The van der Waals surface area contributed by atoms with Gasteiger partial charge in [-0.15, -0.1) is 23.5 Å². The molecule has 1 fully saturated rings. The third-order valence-corrected chi connectivity index (χ3v) is 6.12. The van der Waals surface area contributed by atoms with Crippen molar-refractivity contribution in [3.05, 3.63) is 45.9 Å². The molecule has 0 N–H and O–H groups in total. The van der Waals surface area contributed by atoms with Crippen LogP contribution < -0.4 is 0 Å². The van der Waals surface area contributed by atoms with Gasteiger partial charge < -0.3 is 0 Å². The largest absolute Gasteiger partial charge is 0.294 e. The van der Waals surface area contributed by atoms with Gasteiger partial charge in [0.25, 0.3) is 0 Å². The van der Waals surface area contributed by atoms with Gasteiger partial charge in [-0.3, -0.25) is 9.59 Å². The number of hydrogen-bond acceptors (Lipinski definition) is 7. The maximum Gasteiger partial charge on any atom is 0.200 e. The number of aromatic nitrogens is 4. The second kappa shape index (κ2) is 7.53. The lowest BCUT2D eigenvalue weighted by atomic mass is 9.98. The van der Waals surface area contributed by atoms with Crippen LogP contribution in [0.2, 0.25) is 0 Å². The van der Waals surface area contributed by atoms with Crippen molar-refractivity contribution in [2.75, 3.05) is 12.5 Å². The monoisotopic (exact) mass is 374 g/mol. The van der Waals surface area contributed by atoms with Gasteiger partial charge in [0.1, 0.15) is 12.7 Å². The molecule has 8 heteroatoms. The van der Waals surface area contributed by atoms with E-state index in [9.17, 15) is 9.59 Å². The minimum atomic E-state index is -0.245.